The van der Waals surface area contributed by atoms with E-state index in [1.807, 2.05) is 30.3 Å². The summed E-state index contributed by atoms with van der Waals surface area (Å²) in [6.45, 7) is 1.67. The molecule has 1 aromatic carbocycles. The van der Waals surface area contributed by atoms with Crippen LogP contribution in [0.1, 0.15) is 6.42 Å². The minimum atomic E-state index is -0.469. The van der Waals surface area contributed by atoms with Crippen LogP contribution in [0.2, 0.25) is 0 Å². The Bertz CT molecular complexity index is 353. The van der Waals surface area contributed by atoms with Gasteiger partial charge in [0.1, 0.15) is 0 Å². The average molecular weight is 238 g/mol. The van der Waals surface area contributed by atoms with Gasteiger partial charge in [-0.3, -0.25) is 0 Å². The van der Waals surface area contributed by atoms with Gasteiger partial charge in [-0.1, -0.05) is 18.2 Å². The monoisotopic (exact) mass is 238 g/mol. The van der Waals surface area contributed by atoms with Crippen LogP contribution in [0.15, 0.2) is 35.2 Å². The first-order valence-electron chi connectivity index (χ1n) is 5.11. The Hall–Kier alpha value is -1.24. The Kier molecular flexibility index (Phi) is 3.66. The third kappa shape index (κ3) is 2.66. The van der Waals surface area contributed by atoms with E-state index in [4.69, 9.17) is 5.73 Å². The van der Waals surface area contributed by atoms with Crippen LogP contribution in [0.3, 0.4) is 0 Å². The summed E-state index contributed by atoms with van der Waals surface area (Å²) in [5, 5.41) is 1.75. The SMILES string of the molecule is NC(=O)N(Sc1ccccc1)N1CCCN1. The number of carbonyl (C=O) groups excluding carboxylic acids is 1. The molecule has 0 aromatic heterocycles. The molecular formula is C10H14N4OS. The number of benzene rings is 1. The summed E-state index contributed by atoms with van der Waals surface area (Å²) in [5.74, 6) is 0. The predicted molar refractivity (Wildman–Crippen MR) is 63.0 cm³/mol. The van der Waals surface area contributed by atoms with Gasteiger partial charge in [0, 0.05) is 29.9 Å². The van der Waals surface area contributed by atoms with Crippen LogP contribution in [0.4, 0.5) is 4.79 Å². The summed E-state index contributed by atoms with van der Waals surface area (Å²) in [6.07, 6.45) is 1.01. The molecule has 2 amide bonds. The number of urea groups is 1. The van der Waals surface area contributed by atoms with Crippen molar-refractivity contribution in [1.82, 2.24) is 15.0 Å². The van der Waals surface area contributed by atoms with Crippen molar-refractivity contribution in [3.05, 3.63) is 30.3 Å². The molecule has 1 heterocycles. The van der Waals surface area contributed by atoms with Gasteiger partial charge >= 0.3 is 6.03 Å². The van der Waals surface area contributed by atoms with Crippen LogP contribution in [0, 0.1) is 0 Å². The Morgan fingerprint density at radius 2 is 2.19 bits per heavy atom. The van der Waals surface area contributed by atoms with Gasteiger partial charge in [0.15, 0.2) is 0 Å². The van der Waals surface area contributed by atoms with E-state index in [-0.39, 0.29) is 0 Å². The Morgan fingerprint density at radius 1 is 1.44 bits per heavy atom. The van der Waals surface area contributed by atoms with Gasteiger partial charge in [0.05, 0.1) is 0 Å². The molecule has 0 aliphatic carbocycles. The third-order valence-electron chi connectivity index (χ3n) is 2.18. The van der Waals surface area contributed by atoms with Crippen molar-refractivity contribution in [3.63, 3.8) is 0 Å². The number of hydrogen-bond acceptors (Lipinski definition) is 4. The van der Waals surface area contributed by atoms with Crippen LogP contribution in [0.25, 0.3) is 0 Å². The lowest BCUT2D eigenvalue weighted by molar-refractivity contribution is 0.0804. The fourth-order valence-electron chi connectivity index (χ4n) is 1.47. The van der Waals surface area contributed by atoms with Crippen LogP contribution in [-0.4, -0.2) is 28.7 Å². The van der Waals surface area contributed by atoms with Crippen LogP contribution >= 0.6 is 11.9 Å². The van der Waals surface area contributed by atoms with Gasteiger partial charge in [-0.15, -0.1) is 5.12 Å². The first kappa shape index (κ1) is 11.3. The number of nitrogens with two attached hydrogens (primary N) is 1. The van der Waals surface area contributed by atoms with E-state index in [0.717, 1.165) is 24.4 Å². The molecule has 0 saturated carbocycles. The van der Waals surface area contributed by atoms with Crippen molar-refractivity contribution in [1.29, 1.82) is 0 Å². The number of hydrogen-bond donors (Lipinski definition) is 2. The Labute approximate surface area is 98.7 Å². The molecule has 3 N–H and O–H groups in total. The number of hydrazine groups is 2. The quantitative estimate of drug-likeness (QED) is 0.777. The van der Waals surface area contributed by atoms with E-state index in [1.165, 1.54) is 16.4 Å². The topological polar surface area (TPSA) is 61.6 Å². The molecule has 1 aliphatic heterocycles. The molecule has 0 bridgehead atoms. The number of nitrogens with zero attached hydrogens (tertiary/aromatic N) is 2. The van der Waals surface area contributed by atoms with Gasteiger partial charge in [0.25, 0.3) is 0 Å². The van der Waals surface area contributed by atoms with Crippen molar-refractivity contribution < 1.29 is 4.79 Å². The van der Waals surface area contributed by atoms with Crippen LogP contribution < -0.4 is 11.2 Å². The first-order chi connectivity index (χ1) is 7.77. The second-order valence-electron chi connectivity index (χ2n) is 3.40. The second-order valence-corrected chi connectivity index (χ2v) is 4.40. The fraction of sp³-hybridized carbons (Fsp3) is 0.300. The maximum Gasteiger partial charge on any atom is 0.341 e. The van der Waals surface area contributed by atoms with E-state index in [2.05, 4.69) is 5.43 Å². The van der Waals surface area contributed by atoms with Crippen molar-refractivity contribution in [2.24, 2.45) is 5.73 Å². The largest absolute Gasteiger partial charge is 0.350 e. The zero-order valence-electron chi connectivity index (χ0n) is 8.80. The van der Waals surface area contributed by atoms with Crippen LogP contribution in [-0.2, 0) is 0 Å². The second kappa shape index (κ2) is 5.20. The van der Waals surface area contributed by atoms with Gasteiger partial charge in [-0.2, -0.15) is 4.41 Å². The molecule has 16 heavy (non-hydrogen) atoms. The average Bonchev–Trinajstić information content (AvgIpc) is 2.80. The molecule has 2 rings (SSSR count). The Morgan fingerprint density at radius 3 is 2.75 bits per heavy atom. The summed E-state index contributed by atoms with van der Waals surface area (Å²) < 4.78 is 1.45. The zero-order valence-corrected chi connectivity index (χ0v) is 9.61. The number of primary amides is 1. The minimum absolute atomic E-state index is 0.469. The van der Waals surface area contributed by atoms with Crippen molar-refractivity contribution in [3.8, 4) is 0 Å². The third-order valence-corrected chi connectivity index (χ3v) is 3.22. The summed E-state index contributed by atoms with van der Waals surface area (Å²) in [5.41, 5.74) is 8.44. The molecule has 1 aromatic rings. The highest BCUT2D eigenvalue weighted by atomic mass is 32.2. The molecule has 1 fully saturated rings. The zero-order chi connectivity index (χ0) is 11.4. The van der Waals surface area contributed by atoms with E-state index in [1.54, 1.807) is 5.12 Å². The summed E-state index contributed by atoms with van der Waals surface area (Å²) in [6, 6.07) is 9.21. The van der Waals surface area contributed by atoms with Crippen LogP contribution in [0.5, 0.6) is 0 Å². The van der Waals surface area contributed by atoms with Crippen molar-refractivity contribution >= 4 is 18.0 Å². The number of amides is 2. The lowest BCUT2D eigenvalue weighted by Crippen LogP contribution is -2.48. The summed E-state index contributed by atoms with van der Waals surface area (Å²) >= 11 is 1.32. The van der Waals surface area contributed by atoms with Gasteiger partial charge in [-0.05, 0) is 18.6 Å². The molecule has 0 radical (unpaired) electrons. The molecule has 0 spiro atoms. The molecule has 1 saturated heterocycles. The fourth-order valence-corrected chi connectivity index (χ4v) is 2.27. The first-order valence-corrected chi connectivity index (χ1v) is 5.88. The van der Waals surface area contributed by atoms with Crippen molar-refractivity contribution in [2.75, 3.05) is 13.1 Å². The highest BCUT2D eigenvalue weighted by molar-refractivity contribution is 7.97. The van der Waals surface area contributed by atoms with E-state index >= 15 is 0 Å². The van der Waals surface area contributed by atoms with Gasteiger partial charge < -0.3 is 5.73 Å². The van der Waals surface area contributed by atoms with Gasteiger partial charge in [-0.25, -0.2) is 10.2 Å². The van der Waals surface area contributed by atoms with E-state index in [0.29, 0.717) is 0 Å². The highest BCUT2D eigenvalue weighted by Gasteiger charge is 2.23. The normalized spacial score (nSPS) is 16.2. The smallest absolute Gasteiger partial charge is 0.341 e. The molecule has 0 unspecified atom stereocenters. The number of rotatable bonds is 3. The standard InChI is InChI=1S/C10H14N4OS/c11-10(15)14(13-8-4-7-12-13)16-9-5-2-1-3-6-9/h1-3,5-6,12H,4,7-8H2,(H2,11,15). The molecule has 1 aliphatic rings. The summed E-state index contributed by atoms with van der Waals surface area (Å²) in [4.78, 5) is 12.3. The predicted octanol–water partition coefficient (Wildman–Crippen LogP) is 1.20. The van der Waals surface area contributed by atoms with E-state index < -0.39 is 6.03 Å². The lowest BCUT2D eigenvalue weighted by Gasteiger charge is -2.27. The molecule has 6 heteroatoms. The molecular weight excluding hydrogens is 224 g/mol. The minimum Gasteiger partial charge on any atom is -0.350 e. The molecule has 86 valence electrons. The maximum atomic E-state index is 11.3. The highest BCUT2D eigenvalue weighted by Crippen LogP contribution is 2.23. The lowest BCUT2D eigenvalue weighted by atomic mass is 10.4. The maximum absolute atomic E-state index is 11.3. The number of nitrogens with one attached hydrogen (secondary N) is 1. The van der Waals surface area contributed by atoms with Gasteiger partial charge in [0.2, 0.25) is 0 Å². The molecule has 5 nitrogen and oxygen atoms in total. The number of carbonyl (C=O) groups is 1. The molecule has 0 atom stereocenters. The van der Waals surface area contributed by atoms with Crippen molar-refractivity contribution in [2.45, 2.75) is 11.3 Å². The summed E-state index contributed by atoms with van der Waals surface area (Å²) in [7, 11) is 0. The van der Waals surface area contributed by atoms with E-state index in [9.17, 15) is 4.79 Å². The Balaban J connectivity index is 2.05.